The third kappa shape index (κ3) is 2.89. The van der Waals surface area contributed by atoms with Crippen molar-refractivity contribution in [3.8, 4) is 11.4 Å². The Morgan fingerprint density at radius 2 is 2.00 bits per heavy atom. The predicted octanol–water partition coefficient (Wildman–Crippen LogP) is 2.05. The smallest absolute Gasteiger partial charge is 0.237 e. The van der Waals surface area contributed by atoms with Crippen LogP contribution in [0.2, 0.25) is 0 Å². The lowest BCUT2D eigenvalue weighted by Crippen LogP contribution is -1.98. The fourth-order valence-corrected chi connectivity index (χ4v) is 2.47. The molecule has 0 saturated carbocycles. The molecule has 0 aliphatic rings. The molecule has 8 heteroatoms. The van der Waals surface area contributed by atoms with E-state index in [1.165, 1.54) is 17.3 Å². The maximum atomic E-state index is 5.63. The van der Waals surface area contributed by atoms with Crippen LogP contribution in [0.4, 0.5) is 5.95 Å². The first-order valence-corrected chi connectivity index (χ1v) is 7.29. The van der Waals surface area contributed by atoms with Crippen LogP contribution in [0.1, 0.15) is 11.5 Å². The largest absolute Gasteiger partial charge is 0.368 e. The Labute approximate surface area is 125 Å². The number of rotatable bonds is 4. The molecular formula is C13H14N6OS. The zero-order chi connectivity index (χ0) is 14.8. The Balaban J connectivity index is 1.70. The molecule has 0 bridgehead atoms. The van der Waals surface area contributed by atoms with Crippen molar-refractivity contribution in [2.24, 2.45) is 7.05 Å². The second kappa shape index (κ2) is 5.57. The van der Waals surface area contributed by atoms with Crippen LogP contribution < -0.4 is 5.73 Å². The van der Waals surface area contributed by atoms with Crippen LogP contribution >= 0.6 is 11.8 Å². The van der Waals surface area contributed by atoms with Gasteiger partial charge in [0.05, 0.1) is 5.75 Å². The third-order valence-electron chi connectivity index (χ3n) is 2.97. The molecule has 1 aromatic carbocycles. The van der Waals surface area contributed by atoms with Gasteiger partial charge in [-0.2, -0.15) is 4.98 Å². The SMILES string of the molecule is Cc1ccc(-c2noc(CSc3nnc(N)n3C)n2)cc1. The van der Waals surface area contributed by atoms with Crippen LogP contribution in [0.3, 0.4) is 0 Å². The first-order chi connectivity index (χ1) is 10.1. The zero-order valence-electron chi connectivity index (χ0n) is 11.6. The molecule has 21 heavy (non-hydrogen) atoms. The van der Waals surface area contributed by atoms with E-state index in [9.17, 15) is 0 Å². The van der Waals surface area contributed by atoms with Crippen molar-refractivity contribution >= 4 is 17.7 Å². The first kappa shape index (κ1) is 13.6. The number of aromatic nitrogens is 5. The number of benzene rings is 1. The van der Waals surface area contributed by atoms with Crippen LogP contribution in [-0.2, 0) is 12.8 Å². The summed E-state index contributed by atoms with van der Waals surface area (Å²) in [7, 11) is 1.81. The summed E-state index contributed by atoms with van der Waals surface area (Å²) in [6.07, 6.45) is 0. The molecule has 0 fully saturated rings. The minimum atomic E-state index is 0.378. The van der Waals surface area contributed by atoms with Crippen molar-refractivity contribution in [2.45, 2.75) is 17.8 Å². The molecule has 7 nitrogen and oxygen atoms in total. The summed E-state index contributed by atoms with van der Waals surface area (Å²) >= 11 is 1.45. The van der Waals surface area contributed by atoms with E-state index in [0.717, 1.165) is 5.56 Å². The molecule has 0 spiro atoms. The summed E-state index contributed by atoms with van der Waals surface area (Å²) < 4.78 is 6.96. The van der Waals surface area contributed by atoms with Crippen molar-refractivity contribution in [2.75, 3.05) is 5.73 Å². The molecule has 0 atom stereocenters. The lowest BCUT2D eigenvalue weighted by molar-refractivity contribution is 0.391. The van der Waals surface area contributed by atoms with Gasteiger partial charge in [-0.15, -0.1) is 10.2 Å². The summed E-state index contributed by atoms with van der Waals surface area (Å²) in [6, 6.07) is 7.98. The Morgan fingerprint density at radius 1 is 1.24 bits per heavy atom. The van der Waals surface area contributed by atoms with Gasteiger partial charge in [0.2, 0.25) is 17.7 Å². The molecule has 2 N–H and O–H groups in total. The number of thioether (sulfide) groups is 1. The average molecular weight is 302 g/mol. The molecule has 0 radical (unpaired) electrons. The monoisotopic (exact) mass is 302 g/mol. The van der Waals surface area contributed by atoms with Gasteiger partial charge in [-0.3, -0.25) is 4.57 Å². The molecule has 0 unspecified atom stereocenters. The highest BCUT2D eigenvalue weighted by atomic mass is 32.2. The standard InChI is InChI=1S/C13H14N6OS/c1-8-3-5-9(6-4-8)11-15-10(20-18-11)7-21-13-17-16-12(14)19(13)2/h3-6H,7H2,1-2H3,(H2,14,16). The van der Waals surface area contributed by atoms with Crippen LogP contribution in [0, 0.1) is 6.92 Å². The van der Waals surface area contributed by atoms with Gasteiger partial charge >= 0.3 is 0 Å². The van der Waals surface area contributed by atoms with Crippen molar-refractivity contribution in [1.82, 2.24) is 24.9 Å². The van der Waals surface area contributed by atoms with Gasteiger partial charge in [-0.05, 0) is 6.92 Å². The van der Waals surface area contributed by atoms with E-state index >= 15 is 0 Å². The molecule has 0 aliphatic heterocycles. The zero-order valence-corrected chi connectivity index (χ0v) is 12.5. The Bertz CT molecular complexity index is 748. The van der Waals surface area contributed by atoms with E-state index in [0.29, 0.717) is 28.6 Å². The number of hydrogen-bond donors (Lipinski definition) is 1. The fourth-order valence-electron chi connectivity index (χ4n) is 1.71. The van der Waals surface area contributed by atoms with E-state index in [1.54, 1.807) is 4.57 Å². The highest BCUT2D eigenvalue weighted by Crippen LogP contribution is 2.22. The fraction of sp³-hybridized carbons (Fsp3) is 0.231. The van der Waals surface area contributed by atoms with Crippen LogP contribution in [-0.4, -0.2) is 24.9 Å². The van der Waals surface area contributed by atoms with Gasteiger partial charge < -0.3 is 10.3 Å². The number of anilines is 1. The number of nitrogen functional groups attached to an aromatic ring is 1. The molecule has 3 rings (SSSR count). The van der Waals surface area contributed by atoms with Gasteiger partial charge in [0.1, 0.15) is 0 Å². The molecule has 0 saturated heterocycles. The van der Waals surface area contributed by atoms with Crippen LogP contribution in [0.5, 0.6) is 0 Å². The topological polar surface area (TPSA) is 95.6 Å². The van der Waals surface area contributed by atoms with E-state index in [-0.39, 0.29) is 0 Å². The van der Waals surface area contributed by atoms with Gasteiger partial charge in [0.25, 0.3) is 0 Å². The maximum Gasteiger partial charge on any atom is 0.237 e. The summed E-state index contributed by atoms with van der Waals surface area (Å²) in [6.45, 7) is 2.04. The van der Waals surface area contributed by atoms with Gasteiger partial charge in [-0.25, -0.2) is 0 Å². The van der Waals surface area contributed by atoms with Crippen molar-refractivity contribution in [3.63, 3.8) is 0 Å². The summed E-state index contributed by atoms with van der Waals surface area (Å²) in [4.78, 5) is 4.37. The van der Waals surface area contributed by atoms with E-state index < -0.39 is 0 Å². The van der Waals surface area contributed by atoms with E-state index in [1.807, 2.05) is 38.2 Å². The molecular weight excluding hydrogens is 288 g/mol. The van der Waals surface area contributed by atoms with Gasteiger partial charge in [0.15, 0.2) is 5.16 Å². The molecule has 108 valence electrons. The average Bonchev–Trinajstić information content (AvgIpc) is 3.07. The molecule has 0 aliphatic carbocycles. The lowest BCUT2D eigenvalue weighted by atomic mass is 10.1. The number of nitrogens with zero attached hydrogens (tertiary/aromatic N) is 5. The first-order valence-electron chi connectivity index (χ1n) is 6.31. The second-order valence-corrected chi connectivity index (χ2v) is 5.51. The van der Waals surface area contributed by atoms with Crippen LogP contribution in [0.25, 0.3) is 11.4 Å². The minimum absolute atomic E-state index is 0.378. The normalized spacial score (nSPS) is 11.0. The highest BCUT2D eigenvalue weighted by molar-refractivity contribution is 7.98. The summed E-state index contributed by atoms with van der Waals surface area (Å²) in [5, 5.41) is 12.5. The quantitative estimate of drug-likeness (QED) is 0.737. The Hall–Kier alpha value is -2.35. The van der Waals surface area contributed by atoms with E-state index in [4.69, 9.17) is 10.3 Å². The van der Waals surface area contributed by atoms with Crippen molar-refractivity contribution in [3.05, 3.63) is 35.7 Å². The minimum Gasteiger partial charge on any atom is -0.368 e. The van der Waals surface area contributed by atoms with Gasteiger partial charge in [-0.1, -0.05) is 46.7 Å². The summed E-state index contributed by atoms with van der Waals surface area (Å²) in [5.41, 5.74) is 7.75. The number of aryl methyl sites for hydroxylation is 1. The van der Waals surface area contributed by atoms with E-state index in [2.05, 4.69) is 20.3 Å². The summed E-state index contributed by atoms with van der Waals surface area (Å²) in [5.74, 6) is 2.02. The molecule has 2 heterocycles. The van der Waals surface area contributed by atoms with Gasteiger partial charge in [0, 0.05) is 12.6 Å². The maximum absolute atomic E-state index is 5.63. The van der Waals surface area contributed by atoms with Crippen molar-refractivity contribution < 1.29 is 4.52 Å². The number of nitrogens with two attached hydrogens (primary N) is 1. The highest BCUT2D eigenvalue weighted by Gasteiger charge is 2.11. The predicted molar refractivity (Wildman–Crippen MR) is 79.4 cm³/mol. The molecule has 0 amide bonds. The van der Waals surface area contributed by atoms with Crippen molar-refractivity contribution in [1.29, 1.82) is 0 Å². The Morgan fingerprint density at radius 3 is 2.67 bits per heavy atom. The number of hydrogen-bond acceptors (Lipinski definition) is 7. The molecule has 2 aromatic heterocycles. The lowest BCUT2D eigenvalue weighted by Gasteiger charge is -1.97. The molecule has 3 aromatic rings. The second-order valence-electron chi connectivity index (χ2n) is 4.57. The van der Waals surface area contributed by atoms with Crippen LogP contribution in [0.15, 0.2) is 33.9 Å². The third-order valence-corrected chi connectivity index (χ3v) is 3.98. The Kier molecular flexibility index (Phi) is 3.61.